The van der Waals surface area contributed by atoms with E-state index in [1.807, 2.05) is 17.0 Å². The molecule has 18 heavy (non-hydrogen) atoms. The lowest BCUT2D eigenvalue weighted by Gasteiger charge is -2.24. The van der Waals surface area contributed by atoms with Crippen LogP contribution in [0.1, 0.15) is 26.7 Å². The summed E-state index contributed by atoms with van der Waals surface area (Å²) in [6, 6.07) is 7.06. The average Bonchev–Trinajstić information content (AvgIpc) is 2.38. The highest BCUT2D eigenvalue weighted by Crippen LogP contribution is 2.18. The van der Waals surface area contributed by atoms with Crippen molar-refractivity contribution in [2.45, 2.75) is 26.7 Å². The van der Waals surface area contributed by atoms with Gasteiger partial charge in [-0.05, 0) is 37.1 Å². The quantitative estimate of drug-likeness (QED) is 0.542. The smallest absolute Gasteiger partial charge is 0.120 e. The molecule has 0 aromatic heterocycles. The number of hydrogen-bond acceptors (Lipinski definition) is 4. The first-order valence-corrected chi connectivity index (χ1v) is 6.47. The molecule has 4 nitrogen and oxygen atoms in total. The van der Waals surface area contributed by atoms with Gasteiger partial charge in [-0.2, -0.15) is 0 Å². The van der Waals surface area contributed by atoms with E-state index in [1.165, 1.54) is 0 Å². The zero-order valence-electron chi connectivity index (χ0n) is 11.3. The Morgan fingerprint density at radius 2 is 1.44 bits per heavy atom. The highest BCUT2D eigenvalue weighted by Gasteiger charge is 2.06. The second kappa shape index (κ2) is 8.78. The topological polar surface area (TPSA) is 41.9 Å². The number of ether oxygens (including phenoxy) is 2. The fraction of sp³-hybridized carbons (Fsp3) is 0.571. The maximum absolute atomic E-state index is 9.29. The Balaban J connectivity index is 2.54. The van der Waals surface area contributed by atoms with Gasteiger partial charge in [-0.3, -0.25) is 0 Å². The normalized spacial score (nSPS) is 10.6. The van der Waals surface area contributed by atoms with Gasteiger partial charge >= 0.3 is 0 Å². The summed E-state index contributed by atoms with van der Waals surface area (Å²) in [6.45, 7) is 6.65. The van der Waals surface area contributed by atoms with Gasteiger partial charge in [0.2, 0.25) is 0 Å². The molecular weight excluding hydrogens is 230 g/mol. The van der Waals surface area contributed by atoms with Gasteiger partial charge in [0.15, 0.2) is 0 Å². The van der Waals surface area contributed by atoms with Crippen molar-refractivity contribution in [2.75, 3.05) is 31.6 Å². The van der Waals surface area contributed by atoms with Crippen LogP contribution in [-0.4, -0.2) is 31.8 Å². The minimum absolute atomic E-state index is 0.266. The molecule has 0 unspecified atom stereocenters. The molecule has 0 atom stereocenters. The van der Waals surface area contributed by atoms with Crippen molar-refractivity contribution >= 4 is 5.69 Å². The number of benzene rings is 1. The van der Waals surface area contributed by atoms with Crippen molar-refractivity contribution < 1.29 is 14.6 Å². The largest absolute Gasteiger partial charge is 0.508 e. The molecule has 4 heteroatoms. The number of phenolic OH excluding ortho intramolecular Hbond substituents is 1. The van der Waals surface area contributed by atoms with E-state index in [2.05, 4.69) is 13.8 Å². The zero-order valence-corrected chi connectivity index (χ0v) is 11.3. The van der Waals surface area contributed by atoms with E-state index < -0.39 is 0 Å². The molecule has 0 fully saturated rings. The molecular formula is C14H23NO3. The second-order valence-electron chi connectivity index (χ2n) is 4.13. The maximum Gasteiger partial charge on any atom is 0.120 e. The first-order chi connectivity index (χ1) is 8.77. The predicted octanol–water partition coefficient (Wildman–Crippen LogP) is 2.97. The van der Waals surface area contributed by atoms with Crippen LogP contribution >= 0.6 is 0 Å². The molecule has 0 heterocycles. The van der Waals surface area contributed by atoms with Gasteiger partial charge in [-0.15, -0.1) is 0 Å². The molecule has 0 bridgehead atoms. The van der Waals surface area contributed by atoms with Gasteiger partial charge in [0.1, 0.15) is 19.2 Å². The van der Waals surface area contributed by atoms with Gasteiger partial charge in [0, 0.05) is 18.9 Å². The molecule has 0 radical (unpaired) electrons. The van der Waals surface area contributed by atoms with Crippen molar-refractivity contribution in [3.05, 3.63) is 24.3 Å². The Labute approximate surface area is 109 Å². The fourth-order valence-corrected chi connectivity index (χ4v) is 1.49. The lowest BCUT2D eigenvalue weighted by Crippen LogP contribution is -2.29. The van der Waals surface area contributed by atoms with Crippen LogP contribution in [-0.2, 0) is 9.47 Å². The van der Waals surface area contributed by atoms with Crippen molar-refractivity contribution in [3.8, 4) is 5.75 Å². The number of anilines is 1. The summed E-state index contributed by atoms with van der Waals surface area (Å²) in [5.41, 5.74) is 0.986. The highest BCUT2D eigenvalue weighted by molar-refractivity contribution is 5.48. The second-order valence-corrected chi connectivity index (χ2v) is 4.13. The Bertz CT molecular complexity index is 303. The van der Waals surface area contributed by atoms with Crippen LogP contribution in [0.25, 0.3) is 0 Å². The molecule has 1 aromatic carbocycles. The van der Waals surface area contributed by atoms with Crippen LogP contribution in [0.5, 0.6) is 5.75 Å². The monoisotopic (exact) mass is 253 g/mol. The van der Waals surface area contributed by atoms with Crippen LogP contribution in [0.3, 0.4) is 0 Å². The molecule has 1 aromatic rings. The SMILES string of the molecule is CCCOCN(COCCC)c1ccc(O)cc1. The summed E-state index contributed by atoms with van der Waals surface area (Å²) in [4.78, 5) is 2.00. The summed E-state index contributed by atoms with van der Waals surface area (Å²) < 4.78 is 11.1. The maximum atomic E-state index is 9.29. The molecule has 1 N–H and O–H groups in total. The van der Waals surface area contributed by atoms with Crippen LogP contribution in [0.15, 0.2) is 24.3 Å². The summed E-state index contributed by atoms with van der Waals surface area (Å²) in [5, 5.41) is 9.29. The summed E-state index contributed by atoms with van der Waals surface area (Å²) >= 11 is 0. The van der Waals surface area contributed by atoms with Crippen molar-refractivity contribution in [2.24, 2.45) is 0 Å². The van der Waals surface area contributed by atoms with Gasteiger partial charge in [-0.1, -0.05) is 13.8 Å². The van der Waals surface area contributed by atoms with Gasteiger partial charge in [0.25, 0.3) is 0 Å². The van der Waals surface area contributed by atoms with Crippen molar-refractivity contribution in [1.29, 1.82) is 0 Å². The Kier molecular flexibility index (Phi) is 7.22. The zero-order chi connectivity index (χ0) is 13.2. The molecule has 0 aliphatic rings. The van der Waals surface area contributed by atoms with E-state index in [0.29, 0.717) is 13.5 Å². The minimum Gasteiger partial charge on any atom is -0.508 e. The predicted molar refractivity (Wildman–Crippen MR) is 72.8 cm³/mol. The van der Waals surface area contributed by atoms with Crippen LogP contribution in [0.2, 0.25) is 0 Å². The Hall–Kier alpha value is -1.26. The molecule has 102 valence electrons. The highest BCUT2D eigenvalue weighted by atomic mass is 16.5. The van der Waals surface area contributed by atoms with E-state index in [4.69, 9.17) is 9.47 Å². The molecule has 0 aliphatic heterocycles. The number of phenols is 1. The van der Waals surface area contributed by atoms with E-state index in [9.17, 15) is 5.11 Å². The molecule has 0 saturated carbocycles. The molecule has 0 saturated heterocycles. The van der Waals surface area contributed by atoms with E-state index in [0.717, 1.165) is 31.7 Å². The standard InChI is InChI=1S/C14H23NO3/c1-3-9-17-11-15(12-18-10-4-2)13-5-7-14(16)8-6-13/h5-8,16H,3-4,9-12H2,1-2H3. The third kappa shape index (κ3) is 5.38. The summed E-state index contributed by atoms with van der Waals surface area (Å²) in [7, 11) is 0. The molecule has 0 aliphatic carbocycles. The summed E-state index contributed by atoms with van der Waals surface area (Å²) in [6.07, 6.45) is 2.00. The third-order valence-corrected chi connectivity index (χ3v) is 2.41. The molecule has 0 amide bonds. The first kappa shape index (κ1) is 14.8. The first-order valence-electron chi connectivity index (χ1n) is 6.47. The third-order valence-electron chi connectivity index (χ3n) is 2.41. The van der Waals surface area contributed by atoms with E-state index in [1.54, 1.807) is 12.1 Å². The van der Waals surface area contributed by atoms with Crippen LogP contribution in [0.4, 0.5) is 5.69 Å². The van der Waals surface area contributed by atoms with Gasteiger partial charge in [-0.25, -0.2) is 0 Å². The van der Waals surface area contributed by atoms with Gasteiger partial charge < -0.3 is 19.5 Å². The van der Waals surface area contributed by atoms with E-state index >= 15 is 0 Å². The van der Waals surface area contributed by atoms with Crippen molar-refractivity contribution in [3.63, 3.8) is 0 Å². The Morgan fingerprint density at radius 1 is 0.944 bits per heavy atom. The van der Waals surface area contributed by atoms with Crippen molar-refractivity contribution in [1.82, 2.24) is 0 Å². The lowest BCUT2D eigenvalue weighted by atomic mass is 10.3. The number of nitrogens with zero attached hydrogens (tertiary/aromatic N) is 1. The average molecular weight is 253 g/mol. The van der Waals surface area contributed by atoms with Crippen LogP contribution in [0, 0.1) is 0 Å². The number of hydrogen-bond donors (Lipinski definition) is 1. The number of aromatic hydroxyl groups is 1. The lowest BCUT2D eigenvalue weighted by molar-refractivity contribution is 0.0852. The number of rotatable bonds is 9. The minimum atomic E-state index is 0.266. The Morgan fingerprint density at radius 3 is 1.89 bits per heavy atom. The summed E-state index contributed by atoms with van der Waals surface area (Å²) in [5.74, 6) is 0.266. The van der Waals surface area contributed by atoms with Gasteiger partial charge in [0.05, 0.1) is 0 Å². The molecule has 1 rings (SSSR count). The fourth-order valence-electron chi connectivity index (χ4n) is 1.49. The van der Waals surface area contributed by atoms with Crippen LogP contribution < -0.4 is 4.90 Å². The van der Waals surface area contributed by atoms with E-state index in [-0.39, 0.29) is 5.75 Å². The molecule has 0 spiro atoms.